The van der Waals surface area contributed by atoms with Crippen molar-refractivity contribution in [3.05, 3.63) is 108 Å². The van der Waals surface area contributed by atoms with Crippen LogP contribution in [0.1, 0.15) is 58.2 Å². The van der Waals surface area contributed by atoms with E-state index in [0.717, 1.165) is 0 Å². The van der Waals surface area contributed by atoms with Gasteiger partial charge in [0.05, 0.1) is 11.5 Å². The highest BCUT2D eigenvalue weighted by molar-refractivity contribution is 5.94. The fourth-order valence-electron chi connectivity index (χ4n) is 3.00. The molecule has 0 N–H and O–H groups in total. The Balaban J connectivity index is 0.000000270. The van der Waals surface area contributed by atoms with Crippen molar-refractivity contribution in [3.8, 4) is 6.07 Å². The molecule has 34 heavy (non-hydrogen) atoms. The molecule has 0 radical (unpaired) electrons. The molecule has 0 spiro atoms. The van der Waals surface area contributed by atoms with E-state index < -0.39 is 5.97 Å². The van der Waals surface area contributed by atoms with E-state index in [2.05, 4.69) is 90.1 Å². The smallest absolute Gasteiger partial charge is 0.357 e. The van der Waals surface area contributed by atoms with Crippen LogP contribution in [0.2, 0.25) is 0 Å². The summed E-state index contributed by atoms with van der Waals surface area (Å²) in [5.74, 6) is -1.45. The van der Waals surface area contributed by atoms with E-state index in [1.807, 2.05) is 6.07 Å². The minimum atomic E-state index is -1.45. The van der Waals surface area contributed by atoms with Crippen LogP contribution in [-0.2, 0) is 15.6 Å². The number of nitrogens with zero attached hydrogens (tertiary/aromatic N) is 1. The molecule has 0 aliphatic carbocycles. The topological polar surface area (TPSA) is 63.9 Å². The van der Waals surface area contributed by atoms with Crippen LogP contribution in [0.4, 0.5) is 0 Å². The number of halogens is 1. The Bertz CT molecular complexity index is 1090. The van der Waals surface area contributed by atoms with E-state index in [1.165, 1.54) is 24.3 Å². The number of rotatable bonds is 4. The van der Waals surface area contributed by atoms with Crippen LogP contribution in [0.15, 0.2) is 84.4 Å². The van der Waals surface area contributed by atoms with Crippen molar-refractivity contribution in [1.29, 1.82) is 5.26 Å². The van der Waals surface area contributed by atoms with Crippen molar-refractivity contribution in [3.63, 3.8) is 0 Å². The lowest BCUT2D eigenvalue weighted by molar-refractivity contribution is -0.597. The standard InChI is InChI=1S/C20H26I.C10H7NO2/c1-19(2,3)15-7-11-17(12-8-15)21-18-13-9-16(10-14-18)20(4,5)6;11-7-9(10(12)13)6-8-4-2-1-3-5-8/h7-14H,1-6H3;1-6H,(H,12,13)/q+1;/p-1. The summed E-state index contributed by atoms with van der Waals surface area (Å²) in [7, 11) is 0. The van der Waals surface area contributed by atoms with E-state index in [9.17, 15) is 9.90 Å². The second kappa shape index (κ2) is 12.0. The molecule has 0 saturated heterocycles. The molecule has 176 valence electrons. The third-order valence-corrected chi connectivity index (χ3v) is 7.77. The van der Waals surface area contributed by atoms with Gasteiger partial charge in [-0.05, 0) is 57.9 Å². The number of benzene rings is 3. The third kappa shape index (κ3) is 8.79. The zero-order chi connectivity index (χ0) is 25.4. The molecule has 0 heterocycles. The number of carbonyl (C=O) groups is 1. The second-order valence-electron chi connectivity index (χ2n) is 9.98. The Morgan fingerprint density at radius 1 is 0.765 bits per heavy atom. The van der Waals surface area contributed by atoms with Gasteiger partial charge in [-0.15, -0.1) is 0 Å². The predicted molar refractivity (Wildman–Crippen MR) is 133 cm³/mol. The first kappa shape index (κ1) is 27.3. The summed E-state index contributed by atoms with van der Waals surface area (Å²) in [6.07, 6.45) is 1.27. The lowest BCUT2D eigenvalue weighted by Crippen LogP contribution is -3.61. The summed E-state index contributed by atoms with van der Waals surface area (Å²) >= 11 is -0.0703. The Kier molecular flexibility index (Phi) is 9.64. The van der Waals surface area contributed by atoms with Crippen LogP contribution in [0.3, 0.4) is 0 Å². The molecule has 0 fully saturated rings. The molecule has 3 nitrogen and oxygen atoms in total. The van der Waals surface area contributed by atoms with Gasteiger partial charge in [-0.3, -0.25) is 0 Å². The number of aliphatic carboxylic acids is 1. The lowest BCUT2D eigenvalue weighted by atomic mass is 9.87. The normalized spacial score (nSPS) is 11.7. The molecule has 0 saturated carbocycles. The molecule has 0 aliphatic rings. The van der Waals surface area contributed by atoms with Gasteiger partial charge >= 0.3 is 21.2 Å². The number of carboxylic acid groups (broad SMARTS) is 1. The summed E-state index contributed by atoms with van der Waals surface area (Å²) in [5.41, 5.74) is 3.61. The van der Waals surface area contributed by atoms with Gasteiger partial charge in [0.2, 0.25) is 0 Å². The van der Waals surface area contributed by atoms with Crippen molar-refractivity contribution in [2.24, 2.45) is 0 Å². The Hall–Kier alpha value is -2.91. The summed E-state index contributed by atoms with van der Waals surface area (Å²) in [4.78, 5) is 10.3. The molecular weight excluding hydrogens is 533 g/mol. The van der Waals surface area contributed by atoms with Crippen molar-refractivity contribution in [2.75, 3.05) is 0 Å². The molecule has 0 amide bonds. The van der Waals surface area contributed by atoms with E-state index in [1.54, 1.807) is 30.3 Å². The first-order valence-corrected chi connectivity index (χ1v) is 13.3. The molecule has 0 aliphatic heterocycles. The van der Waals surface area contributed by atoms with Crippen LogP contribution in [0.5, 0.6) is 0 Å². The van der Waals surface area contributed by atoms with E-state index in [0.29, 0.717) is 5.56 Å². The van der Waals surface area contributed by atoms with Crippen molar-refractivity contribution in [1.82, 2.24) is 0 Å². The zero-order valence-electron chi connectivity index (χ0n) is 20.7. The van der Waals surface area contributed by atoms with Gasteiger partial charge in [-0.1, -0.05) is 96.1 Å². The lowest BCUT2D eigenvalue weighted by Gasteiger charge is -2.18. The zero-order valence-corrected chi connectivity index (χ0v) is 22.9. The molecule has 0 unspecified atom stereocenters. The van der Waals surface area contributed by atoms with Gasteiger partial charge in [0.15, 0.2) is 7.14 Å². The molecule has 3 aromatic rings. The fourth-order valence-corrected chi connectivity index (χ4v) is 5.16. The maximum atomic E-state index is 10.3. The molecule has 3 rings (SSSR count). The number of hydrogen-bond donors (Lipinski definition) is 0. The van der Waals surface area contributed by atoms with Crippen LogP contribution < -0.4 is 26.3 Å². The van der Waals surface area contributed by atoms with Gasteiger partial charge in [0.1, 0.15) is 6.07 Å². The van der Waals surface area contributed by atoms with Gasteiger partial charge in [-0.2, -0.15) is 5.26 Å². The van der Waals surface area contributed by atoms with E-state index >= 15 is 0 Å². The summed E-state index contributed by atoms with van der Waals surface area (Å²) in [6.45, 7) is 13.6. The molecule has 0 bridgehead atoms. The van der Waals surface area contributed by atoms with Gasteiger partial charge in [0.25, 0.3) is 0 Å². The average molecular weight is 565 g/mol. The highest BCUT2D eigenvalue weighted by atomic mass is 127. The number of carbonyl (C=O) groups excluding carboxylic acids is 1. The van der Waals surface area contributed by atoms with Gasteiger partial charge < -0.3 is 9.90 Å². The van der Waals surface area contributed by atoms with Crippen LogP contribution in [0.25, 0.3) is 6.08 Å². The highest BCUT2D eigenvalue weighted by Crippen LogP contribution is 2.21. The first-order chi connectivity index (χ1) is 15.9. The van der Waals surface area contributed by atoms with Crippen LogP contribution in [0, 0.1) is 18.5 Å². The largest absolute Gasteiger partial charge is 0.544 e. The molecule has 4 heteroatoms. The molecule has 3 aromatic carbocycles. The first-order valence-electron chi connectivity index (χ1n) is 11.1. The predicted octanol–water partition coefficient (Wildman–Crippen LogP) is 2.75. The third-order valence-electron chi connectivity index (χ3n) is 5.09. The number of hydrogen-bond acceptors (Lipinski definition) is 3. The maximum absolute atomic E-state index is 10.3. The summed E-state index contributed by atoms with van der Waals surface area (Å²) in [6, 6.07) is 28.7. The highest BCUT2D eigenvalue weighted by Gasteiger charge is 2.20. The van der Waals surface area contributed by atoms with Crippen molar-refractivity contribution >= 4 is 12.0 Å². The fraction of sp³-hybridized carbons (Fsp3) is 0.267. The van der Waals surface area contributed by atoms with Crippen molar-refractivity contribution < 1.29 is 31.1 Å². The van der Waals surface area contributed by atoms with Crippen molar-refractivity contribution in [2.45, 2.75) is 52.4 Å². The Morgan fingerprint density at radius 2 is 1.18 bits per heavy atom. The monoisotopic (exact) mass is 565 g/mol. The summed E-state index contributed by atoms with van der Waals surface area (Å²) < 4.78 is 2.98. The maximum Gasteiger partial charge on any atom is 0.357 e. The van der Waals surface area contributed by atoms with E-state index in [-0.39, 0.29) is 37.6 Å². The minimum Gasteiger partial charge on any atom is -0.544 e. The number of carboxylic acids is 1. The Morgan fingerprint density at radius 3 is 1.50 bits per heavy atom. The van der Waals surface area contributed by atoms with Gasteiger partial charge in [-0.25, -0.2) is 0 Å². The van der Waals surface area contributed by atoms with Crippen LogP contribution >= 0.6 is 0 Å². The van der Waals surface area contributed by atoms with Crippen LogP contribution in [-0.4, -0.2) is 5.97 Å². The second-order valence-corrected chi connectivity index (χ2v) is 13.0. The average Bonchev–Trinajstić information content (AvgIpc) is 2.78. The van der Waals surface area contributed by atoms with E-state index in [4.69, 9.17) is 5.26 Å². The van der Waals surface area contributed by atoms with Gasteiger partial charge in [0, 0.05) is 0 Å². The molecule has 0 atom stereocenters. The molecular formula is C30H32INO2. The number of nitriles is 1. The SMILES string of the molecule is CC(C)(C)c1ccc([I+]c2ccc(C(C)(C)C)cc2)cc1.N#CC(=Cc1ccccc1)C(=O)[O-]. The summed E-state index contributed by atoms with van der Waals surface area (Å²) in [5, 5.41) is 18.8. The minimum absolute atomic E-state index is 0.0703. The molecule has 0 aromatic heterocycles. The Labute approximate surface area is 214 Å². The quantitative estimate of drug-likeness (QED) is 0.278.